The quantitative estimate of drug-likeness (QED) is 0.749. The highest BCUT2D eigenvalue weighted by Crippen LogP contribution is 2.36. The third-order valence-corrected chi connectivity index (χ3v) is 5.69. The molecule has 1 aliphatic carbocycles. The number of methoxy groups -OCH3 is 1. The Morgan fingerprint density at radius 2 is 1.96 bits per heavy atom. The summed E-state index contributed by atoms with van der Waals surface area (Å²) in [5.74, 6) is 0.131. The minimum Gasteiger partial charge on any atom is -0.496 e. The van der Waals surface area contributed by atoms with Gasteiger partial charge in [-0.05, 0) is 31.7 Å². The number of hydrogen-bond acceptors (Lipinski definition) is 4. The van der Waals surface area contributed by atoms with Crippen LogP contribution in [0.15, 0.2) is 24.3 Å². The first-order valence-electron chi connectivity index (χ1n) is 9.48. The minimum atomic E-state index is -0.902. The number of carbonyl (C=O) groups is 3. The molecule has 0 bridgehead atoms. The maximum atomic E-state index is 12.9. The van der Waals surface area contributed by atoms with Gasteiger partial charge in [-0.2, -0.15) is 0 Å². The van der Waals surface area contributed by atoms with Gasteiger partial charge in [0.25, 0.3) is 5.91 Å². The Morgan fingerprint density at radius 1 is 1.26 bits per heavy atom. The Morgan fingerprint density at radius 3 is 2.67 bits per heavy atom. The van der Waals surface area contributed by atoms with E-state index in [0.29, 0.717) is 5.75 Å². The van der Waals surface area contributed by atoms with Gasteiger partial charge in [0.05, 0.1) is 7.11 Å². The van der Waals surface area contributed by atoms with E-state index in [0.717, 1.165) is 36.1 Å². The minimum absolute atomic E-state index is 0.129. The molecule has 2 N–H and O–H groups in total. The van der Waals surface area contributed by atoms with E-state index < -0.39 is 11.6 Å². The van der Waals surface area contributed by atoms with Crippen LogP contribution < -0.4 is 15.4 Å². The van der Waals surface area contributed by atoms with E-state index in [9.17, 15) is 14.4 Å². The molecule has 1 heterocycles. The molecule has 0 aromatic heterocycles. The summed E-state index contributed by atoms with van der Waals surface area (Å²) in [7, 11) is 1.57. The number of nitrogens with zero attached hydrogens (tertiary/aromatic N) is 1. The van der Waals surface area contributed by atoms with Crippen molar-refractivity contribution in [2.45, 2.75) is 51.1 Å². The van der Waals surface area contributed by atoms with E-state index in [4.69, 9.17) is 4.74 Å². The molecular formula is C20H27N3O4. The van der Waals surface area contributed by atoms with Crippen molar-refractivity contribution in [2.75, 3.05) is 13.7 Å². The third-order valence-electron chi connectivity index (χ3n) is 5.69. The Balaban J connectivity index is 1.60. The SMILES string of the molecule is COc1ccccc1CNC(=O)CN1C(=O)N[C@](C)(C2CCCCC2)C1=O. The predicted molar refractivity (Wildman–Crippen MR) is 100 cm³/mol. The van der Waals surface area contributed by atoms with Crippen LogP contribution in [0.4, 0.5) is 4.79 Å². The van der Waals surface area contributed by atoms with E-state index in [-0.39, 0.29) is 30.8 Å². The molecule has 3 rings (SSSR count). The Bertz CT molecular complexity index is 730. The van der Waals surface area contributed by atoms with E-state index in [1.165, 1.54) is 6.42 Å². The van der Waals surface area contributed by atoms with Crippen molar-refractivity contribution in [1.82, 2.24) is 15.5 Å². The zero-order valence-electron chi connectivity index (χ0n) is 15.9. The number of carbonyl (C=O) groups excluding carboxylic acids is 3. The zero-order valence-corrected chi connectivity index (χ0v) is 15.9. The number of benzene rings is 1. The Hall–Kier alpha value is -2.57. The van der Waals surface area contributed by atoms with Crippen LogP contribution in [0.1, 0.15) is 44.6 Å². The van der Waals surface area contributed by atoms with Gasteiger partial charge in [-0.25, -0.2) is 4.79 Å². The molecule has 7 heteroatoms. The first-order chi connectivity index (χ1) is 13.0. The average molecular weight is 373 g/mol. The molecule has 1 aromatic rings. The smallest absolute Gasteiger partial charge is 0.325 e. The van der Waals surface area contributed by atoms with Gasteiger partial charge in [0.1, 0.15) is 17.8 Å². The molecule has 0 radical (unpaired) electrons. The largest absolute Gasteiger partial charge is 0.496 e. The molecule has 2 aliphatic rings. The van der Waals surface area contributed by atoms with Gasteiger partial charge < -0.3 is 15.4 Å². The second-order valence-electron chi connectivity index (χ2n) is 7.45. The fourth-order valence-electron chi connectivity index (χ4n) is 4.06. The lowest BCUT2D eigenvalue weighted by molar-refractivity contribution is -0.136. The normalized spacial score (nSPS) is 23.3. The van der Waals surface area contributed by atoms with Crippen LogP contribution in [-0.4, -0.2) is 41.9 Å². The maximum absolute atomic E-state index is 12.9. The number of nitrogens with one attached hydrogen (secondary N) is 2. The Labute approximate surface area is 159 Å². The second kappa shape index (κ2) is 7.98. The number of para-hydroxylation sites is 1. The summed E-state index contributed by atoms with van der Waals surface area (Å²) in [5, 5.41) is 5.59. The van der Waals surface area contributed by atoms with Crippen molar-refractivity contribution in [2.24, 2.45) is 5.92 Å². The van der Waals surface area contributed by atoms with E-state index in [2.05, 4.69) is 10.6 Å². The van der Waals surface area contributed by atoms with E-state index in [1.807, 2.05) is 24.3 Å². The molecule has 4 amide bonds. The number of urea groups is 1. The molecule has 1 saturated carbocycles. The maximum Gasteiger partial charge on any atom is 0.325 e. The fourth-order valence-corrected chi connectivity index (χ4v) is 4.06. The molecule has 0 spiro atoms. The van der Waals surface area contributed by atoms with Crippen molar-refractivity contribution >= 4 is 17.8 Å². The molecule has 7 nitrogen and oxygen atoms in total. The molecule has 1 atom stereocenters. The highest BCUT2D eigenvalue weighted by Gasteiger charge is 2.52. The van der Waals surface area contributed by atoms with Gasteiger partial charge in [0.2, 0.25) is 5.91 Å². The lowest BCUT2D eigenvalue weighted by Gasteiger charge is -2.34. The first kappa shape index (κ1) is 19.2. The number of hydrogen-bond donors (Lipinski definition) is 2. The highest BCUT2D eigenvalue weighted by atomic mass is 16.5. The molecule has 0 unspecified atom stereocenters. The predicted octanol–water partition coefficient (Wildman–Crippen LogP) is 2.20. The number of rotatable bonds is 6. The van der Waals surface area contributed by atoms with Gasteiger partial charge >= 0.3 is 6.03 Å². The van der Waals surface area contributed by atoms with Gasteiger partial charge in [0, 0.05) is 12.1 Å². The van der Waals surface area contributed by atoms with Crippen molar-refractivity contribution in [3.63, 3.8) is 0 Å². The van der Waals surface area contributed by atoms with Crippen molar-refractivity contribution < 1.29 is 19.1 Å². The van der Waals surface area contributed by atoms with Crippen molar-refractivity contribution in [3.8, 4) is 5.75 Å². The van der Waals surface area contributed by atoms with Gasteiger partial charge in [-0.1, -0.05) is 37.5 Å². The Kier molecular flexibility index (Phi) is 5.68. The van der Waals surface area contributed by atoms with Crippen LogP contribution in [0.5, 0.6) is 5.75 Å². The molecule has 1 saturated heterocycles. The summed E-state index contributed by atoms with van der Waals surface area (Å²) < 4.78 is 5.26. The lowest BCUT2D eigenvalue weighted by atomic mass is 9.75. The van der Waals surface area contributed by atoms with Gasteiger partial charge in [-0.15, -0.1) is 0 Å². The van der Waals surface area contributed by atoms with E-state index >= 15 is 0 Å². The standard InChI is InChI=1S/C20H27N3O4/c1-20(15-9-4-3-5-10-15)18(25)23(19(26)22-20)13-17(24)21-12-14-8-6-7-11-16(14)27-2/h6-8,11,15H,3-5,9-10,12-13H2,1-2H3,(H,21,24)(H,22,26)/t20-/m1/s1. The van der Waals surface area contributed by atoms with Crippen molar-refractivity contribution in [3.05, 3.63) is 29.8 Å². The molecule has 27 heavy (non-hydrogen) atoms. The summed E-state index contributed by atoms with van der Waals surface area (Å²) in [5.41, 5.74) is -0.0712. The summed E-state index contributed by atoms with van der Waals surface area (Å²) in [6.45, 7) is 1.78. The summed E-state index contributed by atoms with van der Waals surface area (Å²) in [6.07, 6.45) is 5.17. The molecule has 146 valence electrons. The lowest BCUT2D eigenvalue weighted by Crippen LogP contribution is -2.51. The van der Waals surface area contributed by atoms with Crippen LogP contribution >= 0.6 is 0 Å². The van der Waals surface area contributed by atoms with Crippen LogP contribution in [0.2, 0.25) is 0 Å². The molecular weight excluding hydrogens is 346 g/mol. The average Bonchev–Trinajstić information content (AvgIpc) is 2.91. The van der Waals surface area contributed by atoms with Gasteiger partial charge in [0.15, 0.2) is 0 Å². The van der Waals surface area contributed by atoms with E-state index in [1.54, 1.807) is 14.0 Å². The second-order valence-corrected chi connectivity index (χ2v) is 7.45. The van der Waals surface area contributed by atoms with Crippen LogP contribution in [0, 0.1) is 5.92 Å². The number of imide groups is 1. The molecule has 2 fully saturated rings. The molecule has 1 aliphatic heterocycles. The van der Waals surface area contributed by atoms with Crippen LogP contribution in [-0.2, 0) is 16.1 Å². The highest BCUT2D eigenvalue weighted by molar-refractivity contribution is 6.09. The summed E-state index contributed by atoms with van der Waals surface area (Å²) in [4.78, 5) is 38.6. The zero-order chi connectivity index (χ0) is 19.4. The topological polar surface area (TPSA) is 87.7 Å². The summed E-state index contributed by atoms with van der Waals surface area (Å²) in [6, 6.07) is 6.89. The van der Waals surface area contributed by atoms with Gasteiger partial charge in [-0.3, -0.25) is 14.5 Å². The van der Waals surface area contributed by atoms with Crippen molar-refractivity contribution in [1.29, 1.82) is 0 Å². The first-order valence-corrected chi connectivity index (χ1v) is 9.48. The van der Waals surface area contributed by atoms with Crippen LogP contribution in [0.25, 0.3) is 0 Å². The van der Waals surface area contributed by atoms with Crippen LogP contribution in [0.3, 0.4) is 0 Å². The molecule has 1 aromatic carbocycles. The monoisotopic (exact) mass is 373 g/mol. The number of amides is 4. The summed E-state index contributed by atoms with van der Waals surface area (Å²) >= 11 is 0. The fraction of sp³-hybridized carbons (Fsp3) is 0.550. The number of ether oxygens (including phenoxy) is 1. The third kappa shape index (κ3) is 3.91.